The molecule has 0 N–H and O–H groups in total. The van der Waals surface area contributed by atoms with Crippen molar-refractivity contribution < 1.29 is 14.3 Å². The van der Waals surface area contributed by atoms with Crippen molar-refractivity contribution in [1.82, 2.24) is 0 Å². The molecule has 1 atom stereocenters. The maximum atomic E-state index is 11.0. The number of ketones is 1. The Hall–Kier alpha value is -1.35. The summed E-state index contributed by atoms with van der Waals surface area (Å²) in [4.78, 5) is 11.0. The fraction of sp³-hybridized carbons (Fsp3) is 0.417. The lowest BCUT2D eigenvalue weighted by molar-refractivity contribution is -0.122. The van der Waals surface area contributed by atoms with Crippen LogP contribution in [0.1, 0.15) is 19.4 Å². The third-order valence-electron chi connectivity index (χ3n) is 2.09. The standard InChI is InChI=1S/C12H16O3/c1-9(13)10(2)15-12-6-4-5-11(7-12)8-14-3/h4-7,10H,8H2,1-3H3. The van der Waals surface area contributed by atoms with Gasteiger partial charge in [0.25, 0.3) is 0 Å². The summed E-state index contributed by atoms with van der Waals surface area (Å²) in [7, 11) is 1.64. The van der Waals surface area contributed by atoms with E-state index in [2.05, 4.69) is 0 Å². The molecule has 1 aromatic carbocycles. The van der Waals surface area contributed by atoms with Gasteiger partial charge in [0.05, 0.1) is 6.61 Å². The van der Waals surface area contributed by atoms with Crippen LogP contribution in [0.25, 0.3) is 0 Å². The molecule has 0 heterocycles. The molecule has 0 aromatic heterocycles. The van der Waals surface area contributed by atoms with E-state index in [4.69, 9.17) is 9.47 Å². The second kappa shape index (κ2) is 5.51. The first-order valence-electron chi connectivity index (χ1n) is 4.88. The number of hydrogen-bond donors (Lipinski definition) is 0. The summed E-state index contributed by atoms with van der Waals surface area (Å²) in [5.74, 6) is 0.722. The molecule has 1 rings (SSSR count). The smallest absolute Gasteiger partial charge is 0.169 e. The molecule has 0 saturated heterocycles. The van der Waals surface area contributed by atoms with Crippen LogP contribution >= 0.6 is 0 Å². The van der Waals surface area contributed by atoms with Crippen molar-refractivity contribution in [2.75, 3.05) is 7.11 Å². The lowest BCUT2D eigenvalue weighted by atomic mass is 10.2. The van der Waals surface area contributed by atoms with Gasteiger partial charge in [0.15, 0.2) is 11.9 Å². The molecule has 0 amide bonds. The predicted octanol–water partition coefficient (Wildman–Crippen LogP) is 2.19. The zero-order valence-electron chi connectivity index (χ0n) is 9.32. The minimum atomic E-state index is -0.400. The molecule has 15 heavy (non-hydrogen) atoms. The molecular weight excluding hydrogens is 192 g/mol. The number of Topliss-reactive ketones (excluding diaryl/α,β-unsaturated/α-hetero) is 1. The highest BCUT2D eigenvalue weighted by Crippen LogP contribution is 2.15. The van der Waals surface area contributed by atoms with Gasteiger partial charge in [-0.3, -0.25) is 4.79 Å². The average Bonchev–Trinajstić information content (AvgIpc) is 2.18. The highest BCUT2D eigenvalue weighted by molar-refractivity contribution is 5.80. The van der Waals surface area contributed by atoms with Gasteiger partial charge in [-0.15, -0.1) is 0 Å². The quantitative estimate of drug-likeness (QED) is 0.744. The number of hydrogen-bond acceptors (Lipinski definition) is 3. The largest absolute Gasteiger partial charge is 0.483 e. The van der Waals surface area contributed by atoms with E-state index in [1.165, 1.54) is 6.92 Å². The minimum Gasteiger partial charge on any atom is -0.483 e. The van der Waals surface area contributed by atoms with Crippen LogP contribution in [-0.2, 0) is 16.1 Å². The van der Waals surface area contributed by atoms with Crippen molar-refractivity contribution in [1.29, 1.82) is 0 Å². The summed E-state index contributed by atoms with van der Waals surface area (Å²) in [6, 6.07) is 7.55. The van der Waals surface area contributed by atoms with Gasteiger partial charge >= 0.3 is 0 Å². The highest BCUT2D eigenvalue weighted by atomic mass is 16.5. The van der Waals surface area contributed by atoms with Crippen molar-refractivity contribution in [3.63, 3.8) is 0 Å². The Morgan fingerprint density at radius 2 is 2.20 bits per heavy atom. The molecule has 0 bridgehead atoms. The van der Waals surface area contributed by atoms with Crippen molar-refractivity contribution in [2.45, 2.75) is 26.6 Å². The molecule has 0 aliphatic rings. The van der Waals surface area contributed by atoms with Gasteiger partial charge in [0.2, 0.25) is 0 Å². The van der Waals surface area contributed by atoms with Crippen molar-refractivity contribution in [2.24, 2.45) is 0 Å². The fourth-order valence-corrected chi connectivity index (χ4v) is 1.16. The molecule has 0 fully saturated rings. The molecular formula is C12H16O3. The Balaban J connectivity index is 2.68. The fourth-order valence-electron chi connectivity index (χ4n) is 1.16. The van der Waals surface area contributed by atoms with E-state index in [1.807, 2.05) is 24.3 Å². The molecule has 3 nitrogen and oxygen atoms in total. The monoisotopic (exact) mass is 208 g/mol. The number of rotatable bonds is 5. The molecule has 3 heteroatoms. The van der Waals surface area contributed by atoms with E-state index in [9.17, 15) is 4.79 Å². The van der Waals surface area contributed by atoms with Gasteiger partial charge in [-0.2, -0.15) is 0 Å². The Labute approximate surface area is 90.0 Å². The maximum Gasteiger partial charge on any atom is 0.169 e. The first-order valence-corrected chi connectivity index (χ1v) is 4.88. The van der Waals surface area contributed by atoms with Crippen LogP contribution in [-0.4, -0.2) is 19.0 Å². The third kappa shape index (κ3) is 3.72. The zero-order chi connectivity index (χ0) is 11.3. The topological polar surface area (TPSA) is 35.5 Å². The Bertz CT molecular complexity index is 333. The van der Waals surface area contributed by atoms with Gasteiger partial charge in [0.1, 0.15) is 5.75 Å². The summed E-state index contributed by atoms with van der Waals surface area (Å²) in [5, 5.41) is 0. The molecule has 82 valence electrons. The van der Waals surface area contributed by atoms with Gasteiger partial charge in [0, 0.05) is 7.11 Å². The summed E-state index contributed by atoms with van der Waals surface area (Å²) < 4.78 is 10.5. The number of carbonyl (C=O) groups is 1. The zero-order valence-corrected chi connectivity index (χ0v) is 9.32. The summed E-state index contributed by atoms with van der Waals surface area (Å²) in [5.41, 5.74) is 1.03. The second-order valence-corrected chi connectivity index (χ2v) is 3.45. The molecule has 0 saturated carbocycles. The SMILES string of the molecule is COCc1cccc(OC(C)C(C)=O)c1. The van der Waals surface area contributed by atoms with E-state index >= 15 is 0 Å². The predicted molar refractivity (Wildman–Crippen MR) is 57.9 cm³/mol. The van der Waals surface area contributed by atoms with E-state index in [1.54, 1.807) is 14.0 Å². The van der Waals surface area contributed by atoms with Crippen LogP contribution < -0.4 is 4.74 Å². The van der Waals surface area contributed by atoms with Gasteiger partial charge in [-0.05, 0) is 31.5 Å². The Kier molecular flexibility index (Phi) is 4.31. The average molecular weight is 208 g/mol. The molecule has 0 spiro atoms. The van der Waals surface area contributed by atoms with Crippen LogP contribution in [0.15, 0.2) is 24.3 Å². The van der Waals surface area contributed by atoms with Crippen LogP contribution in [0.5, 0.6) is 5.75 Å². The van der Waals surface area contributed by atoms with Gasteiger partial charge in [-0.1, -0.05) is 12.1 Å². The number of benzene rings is 1. The summed E-state index contributed by atoms with van der Waals surface area (Å²) in [6.45, 7) is 3.81. The number of ether oxygens (including phenoxy) is 2. The van der Waals surface area contributed by atoms with E-state index in [0.29, 0.717) is 12.4 Å². The molecule has 0 aliphatic heterocycles. The first kappa shape index (κ1) is 11.7. The third-order valence-corrected chi connectivity index (χ3v) is 2.09. The van der Waals surface area contributed by atoms with Crippen molar-refractivity contribution in [3.05, 3.63) is 29.8 Å². The Morgan fingerprint density at radius 1 is 1.47 bits per heavy atom. The van der Waals surface area contributed by atoms with Crippen molar-refractivity contribution >= 4 is 5.78 Å². The van der Waals surface area contributed by atoms with Crippen molar-refractivity contribution in [3.8, 4) is 5.75 Å². The number of carbonyl (C=O) groups excluding carboxylic acids is 1. The number of methoxy groups -OCH3 is 1. The lowest BCUT2D eigenvalue weighted by Gasteiger charge is -2.12. The van der Waals surface area contributed by atoms with E-state index in [-0.39, 0.29) is 5.78 Å². The maximum absolute atomic E-state index is 11.0. The lowest BCUT2D eigenvalue weighted by Crippen LogP contribution is -2.20. The second-order valence-electron chi connectivity index (χ2n) is 3.45. The van der Waals surface area contributed by atoms with Gasteiger partial charge in [-0.25, -0.2) is 0 Å². The van der Waals surface area contributed by atoms with Crippen LogP contribution in [0.3, 0.4) is 0 Å². The van der Waals surface area contributed by atoms with Crippen LogP contribution in [0.2, 0.25) is 0 Å². The normalized spacial score (nSPS) is 12.2. The van der Waals surface area contributed by atoms with Crippen LogP contribution in [0.4, 0.5) is 0 Å². The molecule has 1 unspecified atom stereocenters. The van der Waals surface area contributed by atoms with E-state index < -0.39 is 6.10 Å². The molecule has 1 aromatic rings. The minimum absolute atomic E-state index is 0.0205. The first-order chi connectivity index (χ1) is 7.13. The summed E-state index contributed by atoms with van der Waals surface area (Å²) in [6.07, 6.45) is -0.400. The van der Waals surface area contributed by atoms with Crippen LogP contribution in [0, 0.1) is 0 Å². The van der Waals surface area contributed by atoms with Gasteiger partial charge < -0.3 is 9.47 Å². The highest BCUT2D eigenvalue weighted by Gasteiger charge is 2.08. The molecule has 0 radical (unpaired) electrons. The van der Waals surface area contributed by atoms with E-state index in [0.717, 1.165) is 5.56 Å². The molecule has 0 aliphatic carbocycles. The summed E-state index contributed by atoms with van der Waals surface area (Å²) >= 11 is 0. The Morgan fingerprint density at radius 3 is 2.80 bits per heavy atom.